The van der Waals surface area contributed by atoms with E-state index in [9.17, 15) is 23.6 Å². The lowest BCUT2D eigenvalue weighted by molar-refractivity contribution is 0.0952. The van der Waals surface area contributed by atoms with Gasteiger partial charge in [0.2, 0.25) is 5.82 Å². The zero-order chi connectivity index (χ0) is 28.4. The zero-order valence-corrected chi connectivity index (χ0v) is 21.7. The largest absolute Gasteiger partial charge is 0.352 e. The monoisotopic (exact) mass is 566 g/mol. The molecule has 0 radical (unpaired) electrons. The van der Waals surface area contributed by atoms with Gasteiger partial charge in [-0.2, -0.15) is 15.2 Å². The van der Waals surface area contributed by atoms with Crippen LogP contribution in [-0.2, 0) is 6.54 Å². The number of aromatic nitrogens is 7. The number of alkyl halides is 2. The van der Waals surface area contributed by atoms with E-state index in [0.717, 1.165) is 17.6 Å². The lowest BCUT2D eigenvalue weighted by Gasteiger charge is -2.15. The fourth-order valence-corrected chi connectivity index (χ4v) is 4.15. The summed E-state index contributed by atoms with van der Waals surface area (Å²) in [6, 6.07) is 9.57. The standard InChI is InChI=1S/C25H21ClF2N10O2/c1-13-7-15(10-29)8-17(24(39)31-11-14-4-5-14)20(13)32-25(40)19-9-16(12-37-35-22(21(27)28)33-36-37)34-38(19)23-18(26)3-2-6-30-23/h2-3,6-9,14,21H,4-5,11-12H2,1H3,(H,31,39)(H,32,40). The van der Waals surface area contributed by atoms with Crippen LogP contribution in [0.3, 0.4) is 0 Å². The van der Waals surface area contributed by atoms with Crippen LogP contribution >= 0.6 is 11.6 Å². The van der Waals surface area contributed by atoms with Crippen LogP contribution in [0.5, 0.6) is 0 Å². The Morgan fingerprint density at radius 1 is 1.23 bits per heavy atom. The Morgan fingerprint density at radius 3 is 2.70 bits per heavy atom. The summed E-state index contributed by atoms with van der Waals surface area (Å²) >= 11 is 6.33. The van der Waals surface area contributed by atoms with Crippen molar-refractivity contribution in [2.24, 2.45) is 5.92 Å². The number of tetrazole rings is 1. The summed E-state index contributed by atoms with van der Waals surface area (Å²) in [5, 5.41) is 30.2. The molecule has 4 aromatic rings. The van der Waals surface area contributed by atoms with Gasteiger partial charge < -0.3 is 10.6 Å². The van der Waals surface area contributed by atoms with Gasteiger partial charge in [-0.05, 0) is 66.8 Å². The van der Waals surface area contributed by atoms with E-state index >= 15 is 0 Å². The number of hydrogen-bond acceptors (Lipinski definition) is 8. The molecule has 1 aliphatic carbocycles. The van der Waals surface area contributed by atoms with Crippen molar-refractivity contribution < 1.29 is 18.4 Å². The van der Waals surface area contributed by atoms with Gasteiger partial charge in [0.05, 0.1) is 33.6 Å². The SMILES string of the molecule is Cc1cc(C#N)cc(C(=O)NCC2CC2)c1NC(=O)c1cc(Cn2nnc(C(F)F)n2)nn1-c1ncccc1Cl. The molecule has 1 aliphatic rings. The quantitative estimate of drug-likeness (QED) is 0.312. The van der Waals surface area contributed by atoms with Gasteiger partial charge in [0.1, 0.15) is 12.2 Å². The molecular formula is C25H21ClF2N10O2. The first kappa shape index (κ1) is 26.8. The summed E-state index contributed by atoms with van der Waals surface area (Å²) in [6.07, 6.45) is 0.644. The molecule has 1 saturated carbocycles. The lowest BCUT2D eigenvalue weighted by Crippen LogP contribution is -2.28. The summed E-state index contributed by atoms with van der Waals surface area (Å²) in [4.78, 5) is 31.8. The first-order valence-corrected chi connectivity index (χ1v) is 12.5. The maximum Gasteiger partial charge on any atom is 0.301 e. The Bertz CT molecular complexity index is 1640. The molecule has 15 heteroatoms. The molecule has 0 unspecified atom stereocenters. The molecule has 0 saturated heterocycles. The molecule has 3 aromatic heterocycles. The number of halogens is 3. The minimum atomic E-state index is -2.90. The number of nitrogens with one attached hydrogen (secondary N) is 2. The molecule has 0 spiro atoms. The van der Waals surface area contributed by atoms with Gasteiger partial charge in [-0.3, -0.25) is 9.59 Å². The highest BCUT2D eigenvalue weighted by Crippen LogP contribution is 2.29. The molecule has 12 nitrogen and oxygen atoms in total. The molecule has 204 valence electrons. The molecule has 40 heavy (non-hydrogen) atoms. The van der Waals surface area contributed by atoms with E-state index in [1.165, 1.54) is 23.0 Å². The average Bonchev–Trinajstić information content (AvgIpc) is 3.48. The highest BCUT2D eigenvalue weighted by Gasteiger charge is 2.26. The van der Waals surface area contributed by atoms with Gasteiger partial charge in [0.15, 0.2) is 5.82 Å². The number of aryl methyl sites for hydroxylation is 1. The second-order valence-electron chi connectivity index (χ2n) is 9.16. The second kappa shape index (κ2) is 11.1. The molecule has 2 N–H and O–H groups in total. The van der Waals surface area contributed by atoms with E-state index < -0.39 is 24.1 Å². The first-order valence-electron chi connectivity index (χ1n) is 12.1. The number of rotatable bonds is 9. The average molecular weight is 567 g/mol. The second-order valence-corrected chi connectivity index (χ2v) is 9.56. The molecule has 3 heterocycles. The van der Waals surface area contributed by atoms with Crippen molar-refractivity contribution in [3.8, 4) is 11.9 Å². The van der Waals surface area contributed by atoms with Crippen LogP contribution in [0.15, 0.2) is 36.5 Å². The molecular weight excluding hydrogens is 546 g/mol. The summed E-state index contributed by atoms with van der Waals surface area (Å²) in [5.41, 5.74) is 1.33. The molecule has 1 fully saturated rings. The molecule has 2 amide bonds. The van der Waals surface area contributed by atoms with Crippen LogP contribution in [0.1, 0.15) is 62.8 Å². The smallest absolute Gasteiger partial charge is 0.301 e. The number of hydrogen-bond donors (Lipinski definition) is 2. The van der Waals surface area contributed by atoms with E-state index in [2.05, 4.69) is 36.1 Å². The number of carbonyl (C=O) groups is 2. The van der Waals surface area contributed by atoms with Gasteiger partial charge in [0.25, 0.3) is 11.8 Å². The third-order valence-corrected chi connectivity index (χ3v) is 6.39. The fraction of sp³-hybridized carbons (Fsp3) is 0.280. The van der Waals surface area contributed by atoms with Gasteiger partial charge in [-0.25, -0.2) is 18.4 Å². The van der Waals surface area contributed by atoms with E-state index in [-0.39, 0.29) is 45.6 Å². The third-order valence-electron chi connectivity index (χ3n) is 6.10. The van der Waals surface area contributed by atoms with Crippen molar-refractivity contribution in [1.29, 1.82) is 5.26 Å². The third kappa shape index (κ3) is 5.79. The molecule has 0 atom stereocenters. The van der Waals surface area contributed by atoms with Crippen molar-refractivity contribution >= 4 is 29.1 Å². The highest BCUT2D eigenvalue weighted by molar-refractivity contribution is 6.32. The Balaban J connectivity index is 1.50. The van der Waals surface area contributed by atoms with Crippen molar-refractivity contribution in [3.05, 3.63) is 75.5 Å². The number of anilines is 1. The number of nitriles is 1. The summed E-state index contributed by atoms with van der Waals surface area (Å²) in [5.74, 6) is -1.26. The van der Waals surface area contributed by atoms with Gasteiger partial charge in [-0.15, -0.1) is 10.2 Å². The van der Waals surface area contributed by atoms with Crippen molar-refractivity contribution in [1.82, 2.24) is 40.3 Å². The number of nitrogens with zero attached hydrogens (tertiary/aromatic N) is 8. The zero-order valence-electron chi connectivity index (χ0n) is 21.0. The minimum Gasteiger partial charge on any atom is -0.352 e. The van der Waals surface area contributed by atoms with Crippen LogP contribution < -0.4 is 10.6 Å². The summed E-state index contributed by atoms with van der Waals surface area (Å²) < 4.78 is 27.0. The fourth-order valence-electron chi connectivity index (χ4n) is 3.95. The first-order chi connectivity index (χ1) is 19.2. The van der Waals surface area contributed by atoms with Crippen LogP contribution in [0.4, 0.5) is 14.5 Å². The maximum absolute atomic E-state index is 13.6. The minimum absolute atomic E-state index is 0.0158. The predicted molar refractivity (Wildman–Crippen MR) is 137 cm³/mol. The molecule has 0 aliphatic heterocycles. The predicted octanol–water partition coefficient (Wildman–Crippen LogP) is 3.47. The van der Waals surface area contributed by atoms with Crippen molar-refractivity contribution in [3.63, 3.8) is 0 Å². The van der Waals surface area contributed by atoms with Crippen molar-refractivity contribution in [2.45, 2.75) is 32.7 Å². The van der Waals surface area contributed by atoms with Crippen LogP contribution in [-0.4, -0.2) is 53.3 Å². The Hall–Kier alpha value is -4.77. The van der Waals surface area contributed by atoms with Gasteiger partial charge in [0, 0.05) is 12.7 Å². The van der Waals surface area contributed by atoms with E-state index in [1.54, 1.807) is 25.1 Å². The van der Waals surface area contributed by atoms with Gasteiger partial charge >= 0.3 is 6.43 Å². The maximum atomic E-state index is 13.6. The molecule has 0 bridgehead atoms. The Kier molecular flexibility index (Phi) is 7.47. The van der Waals surface area contributed by atoms with Crippen molar-refractivity contribution in [2.75, 3.05) is 11.9 Å². The Labute approximate surface area is 231 Å². The topological polar surface area (TPSA) is 156 Å². The van der Waals surface area contributed by atoms with Crippen LogP contribution in [0.2, 0.25) is 5.02 Å². The van der Waals surface area contributed by atoms with E-state index in [4.69, 9.17) is 11.6 Å². The summed E-state index contributed by atoms with van der Waals surface area (Å²) in [6.45, 7) is 1.99. The number of benzene rings is 1. The van der Waals surface area contributed by atoms with Crippen LogP contribution in [0, 0.1) is 24.2 Å². The van der Waals surface area contributed by atoms with Crippen LogP contribution in [0.25, 0.3) is 5.82 Å². The normalized spacial score (nSPS) is 12.8. The van der Waals surface area contributed by atoms with E-state index in [0.29, 0.717) is 18.0 Å². The Morgan fingerprint density at radius 2 is 2.02 bits per heavy atom. The number of pyridine rings is 1. The van der Waals surface area contributed by atoms with Gasteiger partial charge in [-0.1, -0.05) is 11.6 Å². The molecule has 1 aromatic carbocycles. The summed E-state index contributed by atoms with van der Waals surface area (Å²) in [7, 11) is 0. The van der Waals surface area contributed by atoms with E-state index in [1.807, 2.05) is 6.07 Å². The molecule has 5 rings (SSSR count). The number of carbonyl (C=O) groups excluding carboxylic acids is 2. The highest BCUT2D eigenvalue weighted by atomic mass is 35.5. The lowest BCUT2D eigenvalue weighted by atomic mass is 10.0. The number of amides is 2.